The smallest absolute Gasteiger partial charge is 0.326 e. The Labute approximate surface area is 108 Å². The number of carbonyl (C=O) groups excluding carboxylic acids is 1. The van der Waals surface area contributed by atoms with Crippen LogP contribution in [0.5, 0.6) is 0 Å². The summed E-state index contributed by atoms with van der Waals surface area (Å²) in [6.45, 7) is 7.32. The Morgan fingerprint density at radius 2 is 1.83 bits per heavy atom. The number of carboxylic acid groups (broad SMARTS) is 1. The molecule has 1 aliphatic rings. The van der Waals surface area contributed by atoms with Crippen LogP contribution in [0.2, 0.25) is 0 Å². The Hall–Kier alpha value is -1.26. The van der Waals surface area contributed by atoms with Gasteiger partial charge in [0.1, 0.15) is 6.04 Å². The predicted molar refractivity (Wildman–Crippen MR) is 69.3 cm³/mol. The van der Waals surface area contributed by atoms with Crippen molar-refractivity contribution in [3.05, 3.63) is 0 Å². The molecule has 0 aromatic heterocycles. The monoisotopic (exact) mass is 256 g/mol. The molecule has 5 nitrogen and oxygen atoms in total. The van der Waals surface area contributed by atoms with Crippen LogP contribution >= 0.6 is 0 Å². The summed E-state index contributed by atoms with van der Waals surface area (Å²) < 4.78 is 0. The maximum Gasteiger partial charge on any atom is 0.326 e. The zero-order valence-electron chi connectivity index (χ0n) is 11.6. The minimum atomic E-state index is -1.01. The third-order valence-corrected chi connectivity index (χ3v) is 3.15. The van der Waals surface area contributed by atoms with Crippen LogP contribution in [0.25, 0.3) is 0 Å². The van der Waals surface area contributed by atoms with Gasteiger partial charge in [0, 0.05) is 6.04 Å². The molecule has 5 heteroatoms. The standard InChI is InChI=1S/C13H24N2O3/c1-8(7-9-5-6-9)14-12(18)15-10(11(16)17)13(2,3)4/h8-10H,5-7H2,1-4H3,(H,16,17)(H2,14,15,18). The SMILES string of the molecule is CC(CC1CC1)NC(=O)NC(C(=O)O)C(C)(C)C. The summed E-state index contributed by atoms with van der Waals surface area (Å²) in [5.74, 6) is -0.273. The molecule has 0 heterocycles. The lowest BCUT2D eigenvalue weighted by Crippen LogP contribution is -2.53. The summed E-state index contributed by atoms with van der Waals surface area (Å²) in [5, 5.41) is 14.4. The van der Waals surface area contributed by atoms with E-state index in [0.717, 1.165) is 12.3 Å². The molecule has 0 aliphatic heterocycles. The summed E-state index contributed by atoms with van der Waals surface area (Å²) in [5.41, 5.74) is -0.511. The molecule has 1 rings (SSSR count). The average Bonchev–Trinajstić information content (AvgIpc) is 2.95. The van der Waals surface area contributed by atoms with E-state index in [1.165, 1.54) is 12.8 Å². The highest BCUT2D eigenvalue weighted by Gasteiger charge is 2.33. The molecular formula is C13H24N2O3. The van der Waals surface area contributed by atoms with E-state index in [9.17, 15) is 9.59 Å². The van der Waals surface area contributed by atoms with Crippen LogP contribution in [0.4, 0.5) is 4.79 Å². The second-order valence-corrected chi connectivity index (χ2v) is 6.34. The number of aliphatic carboxylic acids is 1. The fraction of sp³-hybridized carbons (Fsp3) is 0.846. The van der Waals surface area contributed by atoms with Gasteiger partial charge in [-0.25, -0.2) is 9.59 Å². The Morgan fingerprint density at radius 1 is 1.28 bits per heavy atom. The van der Waals surface area contributed by atoms with Crippen molar-refractivity contribution in [1.29, 1.82) is 0 Å². The Balaban J connectivity index is 2.42. The molecule has 0 radical (unpaired) electrons. The van der Waals surface area contributed by atoms with E-state index in [2.05, 4.69) is 10.6 Å². The fourth-order valence-electron chi connectivity index (χ4n) is 1.96. The Kier molecular flexibility index (Phi) is 4.59. The molecule has 18 heavy (non-hydrogen) atoms. The second-order valence-electron chi connectivity index (χ2n) is 6.34. The molecule has 104 valence electrons. The van der Waals surface area contributed by atoms with Gasteiger partial charge in [0.05, 0.1) is 0 Å². The zero-order chi connectivity index (χ0) is 13.9. The van der Waals surface area contributed by atoms with E-state index in [1.54, 1.807) is 20.8 Å². The van der Waals surface area contributed by atoms with E-state index in [0.29, 0.717) is 0 Å². The molecule has 0 aromatic rings. The van der Waals surface area contributed by atoms with Crippen molar-refractivity contribution in [3.8, 4) is 0 Å². The summed E-state index contributed by atoms with van der Waals surface area (Å²) >= 11 is 0. The molecular weight excluding hydrogens is 232 g/mol. The van der Waals surface area contributed by atoms with Gasteiger partial charge in [0.15, 0.2) is 0 Å². The van der Waals surface area contributed by atoms with Crippen molar-refractivity contribution in [1.82, 2.24) is 10.6 Å². The quantitative estimate of drug-likeness (QED) is 0.703. The third-order valence-electron chi connectivity index (χ3n) is 3.15. The van der Waals surface area contributed by atoms with Gasteiger partial charge in [-0.3, -0.25) is 0 Å². The van der Waals surface area contributed by atoms with Gasteiger partial charge in [-0.05, 0) is 24.7 Å². The molecule has 2 unspecified atom stereocenters. The van der Waals surface area contributed by atoms with Crippen molar-refractivity contribution < 1.29 is 14.7 Å². The number of urea groups is 1. The highest BCUT2D eigenvalue weighted by molar-refractivity contribution is 5.83. The number of hydrogen-bond donors (Lipinski definition) is 3. The largest absolute Gasteiger partial charge is 0.480 e. The fourth-order valence-corrected chi connectivity index (χ4v) is 1.96. The number of nitrogens with one attached hydrogen (secondary N) is 2. The molecule has 0 saturated heterocycles. The molecule has 0 bridgehead atoms. The van der Waals surface area contributed by atoms with Crippen molar-refractivity contribution in [3.63, 3.8) is 0 Å². The van der Waals surface area contributed by atoms with Crippen molar-refractivity contribution in [2.24, 2.45) is 11.3 Å². The lowest BCUT2D eigenvalue weighted by Gasteiger charge is -2.28. The van der Waals surface area contributed by atoms with Crippen LogP contribution < -0.4 is 10.6 Å². The van der Waals surface area contributed by atoms with E-state index >= 15 is 0 Å². The lowest BCUT2D eigenvalue weighted by atomic mass is 9.87. The van der Waals surface area contributed by atoms with E-state index < -0.39 is 23.5 Å². The van der Waals surface area contributed by atoms with Crippen LogP contribution in [-0.2, 0) is 4.79 Å². The van der Waals surface area contributed by atoms with E-state index in [-0.39, 0.29) is 6.04 Å². The molecule has 1 saturated carbocycles. The second kappa shape index (κ2) is 5.59. The minimum absolute atomic E-state index is 0.0897. The summed E-state index contributed by atoms with van der Waals surface area (Å²) in [7, 11) is 0. The summed E-state index contributed by atoms with van der Waals surface area (Å²) in [6, 6.07) is -1.19. The first-order chi connectivity index (χ1) is 8.20. The predicted octanol–water partition coefficient (Wildman–Crippen LogP) is 1.97. The number of amides is 2. The minimum Gasteiger partial charge on any atom is -0.480 e. The maximum atomic E-state index is 11.7. The molecule has 0 aromatic carbocycles. The van der Waals surface area contributed by atoms with Crippen LogP contribution in [0.15, 0.2) is 0 Å². The molecule has 1 aliphatic carbocycles. The van der Waals surface area contributed by atoms with Gasteiger partial charge in [0.25, 0.3) is 0 Å². The molecule has 1 fully saturated rings. The average molecular weight is 256 g/mol. The van der Waals surface area contributed by atoms with E-state index in [1.807, 2.05) is 6.92 Å². The highest BCUT2D eigenvalue weighted by Crippen LogP contribution is 2.33. The normalized spacial score (nSPS) is 18.9. The van der Waals surface area contributed by atoms with Gasteiger partial charge >= 0.3 is 12.0 Å². The number of hydrogen-bond acceptors (Lipinski definition) is 2. The molecule has 0 spiro atoms. The number of carboxylic acids is 1. The molecule has 3 N–H and O–H groups in total. The van der Waals surface area contributed by atoms with Crippen molar-refractivity contribution >= 4 is 12.0 Å². The Bertz CT molecular complexity index is 319. The Morgan fingerprint density at radius 3 is 2.22 bits per heavy atom. The number of rotatable bonds is 5. The molecule has 2 amide bonds. The van der Waals surface area contributed by atoms with Crippen molar-refractivity contribution in [2.75, 3.05) is 0 Å². The third kappa shape index (κ3) is 4.94. The first kappa shape index (κ1) is 14.8. The van der Waals surface area contributed by atoms with Crippen molar-refractivity contribution in [2.45, 2.75) is 59.0 Å². The van der Waals surface area contributed by atoms with Gasteiger partial charge in [0.2, 0.25) is 0 Å². The van der Waals surface area contributed by atoms with Gasteiger partial charge < -0.3 is 15.7 Å². The zero-order valence-corrected chi connectivity index (χ0v) is 11.6. The highest BCUT2D eigenvalue weighted by atomic mass is 16.4. The van der Waals surface area contributed by atoms with Crippen LogP contribution in [0.3, 0.4) is 0 Å². The first-order valence-electron chi connectivity index (χ1n) is 6.50. The first-order valence-corrected chi connectivity index (χ1v) is 6.50. The van der Waals surface area contributed by atoms with Gasteiger partial charge in [-0.2, -0.15) is 0 Å². The van der Waals surface area contributed by atoms with Crippen LogP contribution in [0.1, 0.15) is 47.0 Å². The van der Waals surface area contributed by atoms with Gasteiger partial charge in [-0.15, -0.1) is 0 Å². The van der Waals surface area contributed by atoms with Crippen LogP contribution in [0, 0.1) is 11.3 Å². The lowest BCUT2D eigenvalue weighted by molar-refractivity contribution is -0.141. The summed E-state index contributed by atoms with van der Waals surface area (Å²) in [4.78, 5) is 22.8. The topological polar surface area (TPSA) is 78.4 Å². The maximum absolute atomic E-state index is 11.7. The van der Waals surface area contributed by atoms with Gasteiger partial charge in [-0.1, -0.05) is 33.6 Å². The number of carbonyl (C=O) groups is 2. The summed E-state index contributed by atoms with van der Waals surface area (Å²) in [6.07, 6.45) is 3.46. The van der Waals surface area contributed by atoms with Crippen LogP contribution in [-0.4, -0.2) is 29.2 Å². The van der Waals surface area contributed by atoms with E-state index in [4.69, 9.17) is 5.11 Å². The molecule has 2 atom stereocenters.